The molecule has 0 amide bonds. The molecule has 0 aliphatic carbocycles. The van der Waals surface area contributed by atoms with Gasteiger partial charge in [0.2, 0.25) is 8.32 Å². The van der Waals surface area contributed by atoms with Crippen LogP contribution in [0.5, 0.6) is 0 Å². The molecule has 0 spiro atoms. The lowest BCUT2D eigenvalue weighted by molar-refractivity contribution is 0.209. The minimum atomic E-state index is -1.81. The Morgan fingerprint density at radius 1 is 1.47 bits per heavy atom. The van der Waals surface area contributed by atoms with E-state index < -0.39 is 8.32 Å². The van der Waals surface area contributed by atoms with Gasteiger partial charge in [-0.1, -0.05) is 27.2 Å². The van der Waals surface area contributed by atoms with Crippen LogP contribution in [0.4, 0.5) is 0 Å². The maximum atomic E-state index is 6.59. The van der Waals surface area contributed by atoms with Crippen LogP contribution in [-0.2, 0) is 4.43 Å². The van der Waals surface area contributed by atoms with Crippen LogP contribution in [0.2, 0.25) is 12.6 Å². The molecule has 1 saturated heterocycles. The maximum absolute atomic E-state index is 6.59. The monoisotopic (exact) mass is 230 g/mol. The topological polar surface area (TPSA) is 47.3 Å². The van der Waals surface area contributed by atoms with Gasteiger partial charge in [-0.2, -0.15) is 0 Å². The number of hydrogen-bond donors (Lipinski definition) is 2. The zero-order valence-electron chi connectivity index (χ0n) is 10.6. The van der Waals surface area contributed by atoms with E-state index in [0.717, 1.165) is 13.2 Å². The van der Waals surface area contributed by atoms with E-state index in [4.69, 9.17) is 10.2 Å². The fourth-order valence-electron chi connectivity index (χ4n) is 2.55. The fraction of sp³-hybridized carbons (Fsp3) is 1.00. The van der Waals surface area contributed by atoms with Crippen LogP contribution in [0.3, 0.4) is 0 Å². The summed E-state index contributed by atoms with van der Waals surface area (Å²) in [7, 11) is -1.81. The molecule has 0 aromatic heterocycles. The summed E-state index contributed by atoms with van der Waals surface area (Å²) < 4.78 is 6.10. The molecule has 1 heterocycles. The van der Waals surface area contributed by atoms with E-state index in [-0.39, 0.29) is 5.29 Å². The van der Waals surface area contributed by atoms with Gasteiger partial charge in [-0.25, -0.2) is 0 Å². The van der Waals surface area contributed by atoms with E-state index in [1.165, 1.54) is 18.9 Å². The molecule has 0 bridgehead atoms. The molecule has 1 aliphatic rings. The third-order valence-corrected chi connectivity index (χ3v) is 8.38. The first-order valence-electron chi connectivity index (χ1n) is 6.14. The van der Waals surface area contributed by atoms with Crippen molar-refractivity contribution in [1.29, 1.82) is 0 Å². The van der Waals surface area contributed by atoms with Crippen LogP contribution in [-0.4, -0.2) is 26.8 Å². The Bertz CT molecular complexity index is 205. The Kier molecular flexibility index (Phi) is 4.35. The summed E-state index contributed by atoms with van der Waals surface area (Å²) >= 11 is 0. The molecule has 4 heteroatoms. The van der Waals surface area contributed by atoms with Gasteiger partial charge in [0, 0.05) is 6.61 Å². The van der Waals surface area contributed by atoms with Gasteiger partial charge in [-0.05, 0) is 31.5 Å². The predicted octanol–water partition coefficient (Wildman–Crippen LogP) is 1.83. The standard InChI is InChI=1S/C11H26N2OSi/c1-5-13-11(12,10(2)3)15(4)9-7-6-8-14-15/h10,13H,5-9,12H2,1-4H3. The smallest absolute Gasteiger partial charge is 0.224 e. The minimum Gasteiger partial charge on any atom is -0.414 e. The summed E-state index contributed by atoms with van der Waals surface area (Å²) in [6.45, 7) is 10.6. The van der Waals surface area contributed by atoms with E-state index in [1.807, 2.05) is 0 Å². The van der Waals surface area contributed by atoms with Gasteiger partial charge < -0.3 is 15.5 Å². The second-order valence-corrected chi connectivity index (χ2v) is 9.17. The Hall–Kier alpha value is 0.0969. The quantitative estimate of drug-likeness (QED) is 0.572. The number of nitrogens with one attached hydrogen (secondary N) is 1. The number of rotatable bonds is 4. The van der Waals surface area contributed by atoms with Crippen molar-refractivity contribution in [3.63, 3.8) is 0 Å². The minimum absolute atomic E-state index is 0.276. The molecule has 2 atom stereocenters. The van der Waals surface area contributed by atoms with Crippen LogP contribution in [0.15, 0.2) is 0 Å². The van der Waals surface area contributed by atoms with Crippen molar-refractivity contribution in [3.05, 3.63) is 0 Å². The van der Waals surface area contributed by atoms with E-state index in [2.05, 4.69) is 32.6 Å². The zero-order valence-corrected chi connectivity index (χ0v) is 11.6. The van der Waals surface area contributed by atoms with Gasteiger partial charge in [-0.3, -0.25) is 0 Å². The molecule has 1 fully saturated rings. The Balaban J connectivity index is 2.85. The second kappa shape index (κ2) is 4.95. The molecule has 0 aromatic rings. The molecule has 0 aromatic carbocycles. The molecule has 90 valence electrons. The summed E-state index contributed by atoms with van der Waals surface area (Å²) in [5.74, 6) is 0.423. The molecule has 1 rings (SSSR count). The number of hydrogen-bond acceptors (Lipinski definition) is 3. The predicted molar refractivity (Wildman–Crippen MR) is 67.0 cm³/mol. The highest BCUT2D eigenvalue weighted by molar-refractivity contribution is 6.75. The average Bonchev–Trinajstić information content (AvgIpc) is 2.18. The van der Waals surface area contributed by atoms with Crippen molar-refractivity contribution in [2.75, 3.05) is 13.2 Å². The highest BCUT2D eigenvalue weighted by Crippen LogP contribution is 2.32. The van der Waals surface area contributed by atoms with Crippen molar-refractivity contribution >= 4 is 8.32 Å². The molecular weight excluding hydrogens is 204 g/mol. The SMILES string of the molecule is CCNC(N)(C(C)C)[Si]1(C)CCCCO1. The first-order valence-corrected chi connectivity index (χ1v) is 8.75. The van der Waals surface area contributed by atoms with Crippen molar-refractivity contribution < 1.29 is 4.43 Å². The van der Waals surface area contributed by atoms with Gasteiger partial charge in [-0.15, -0.1) is 0 Å². The molecule has 15 heavy (non-hydrogen) atoms. The van der Waals surface area contributed by atoms with Crippen LogP contribution in [0.25, 0.3) is 0 Å². The summed E-state index contributed by atoms with van der Waals surface area (Å²) in [4.78, 5) is 0. The maximum Gasteiger partial charge on any atom is 0.224 e. The summed E-state index contributed by atoms with van der Waals surface area (Å²) in [6, 6.07) is 1.19. The normalized spacial score (nSPS) is 31.6. The average molecular weight is 230 g/mol. The van der Waals surface area contributed by atoms with Crippen molar-refractivity contribution in [1.82, 2.24) is 5.32 Å². The molecular formula is C11H26N2OSi. The molecule has 3 nitrogen and oxygen atoms in total. The van der Waals surface area contributed by atoms with Crippen LogP contribution in [0.1, 0.15) is 33.6 Å². The van der Waals surface area contributed by atoms with Gasteiger partial charge in [0.25, 0.3) is 0 Å². The van der Waals surface area contributed by atoms with Crippen LogP contribution >= 0.6 is 0 Å². The van der Waals surface area contributed by atoms with Crippen molar-refractivity contribution in [3.8, 4) is 0 Å². The number of nitrogens with two attached hydrogens (primary N) is 1. The van der Waals surface area contributed by atoms with Crippen LogP contribution in [0, 0.1) is 5.92 Å². The molecule has 0 radical (unpaired) electrons. The first kappa shape index (κ1) is 13.2. The van der Waals surface area contributed by atoms with E-state index in [9.17, 15) is 0 Å². The molecule has 0 saturated carbocycles. The highest BCUT2D eigenvalue weighted by atomic mass is 28.4. The largest absolute Gasteiger partial charge is 0.414 e. The summed E-state index contributed by atoms with van der Waals surface area (Å²) in [6.07, 6.45) is 2.47. The second-order valence-electron chi connectivity index (χ2n) is 5.09. The lowest BCUT2D eigenvalue weighted by Gasteiger charge is -2.49. The first-order chi connectivity index (χ1) is 6.96. The van der Waals surface area contributed by atoms with E-state index in [0.29, 0.717) is 5.92 Å². The Morgan fingerprint density at radius 3 is 2.53 bits per heavy atom. The summed E-state index contributed by atoms with van der Waals surface area (Å²) in [5, 5.41) is 3.21. The van der Waals surface area contributed by atoms with Crippen molar-refractivity contribution in [2.45, 2.75) is 51.5 Å². The van der Waals surface area contributed by atoms with Gasteiger partial charge in [0.15, 0.2) is 0 Å². The lowest BCUT2D eigenvalue weighted by Crippen LogP contribution is -2.75. The third-order valence-electron chi connectivity index (χ3n) is 3.72. The van der Waals surface area contributed by atoms with Gasteiger partial charge in [0.1, 0.15) is 0 Å². The molecule has 3 N–H and O–H groups in total. The van der Waals surface area contributed by atoms with Crippen LogP contribution < -0.4 is 11.1 Å². The Morgan fingerprint density at radius 2 is 2.13 bits per heavy atom. The summed E-state index contributed by atoms with van der Waals surface area (Å²) in [5.41, 5.74) is 6.59. The van der Waals surface area contributed by atoms with Crippen molar-refractivity contribution in [2.24, 2.45) is 11.7 Å². The van der Waals surface area contributed by atoms with Gasteiger partial charge >= 0.3 is 0 Å². The molecule has 1 aliphatic heterocycles. The third kappa shape index (κ3) is 2.44. The highest BCUT2D eigenvalue weighted by Gasteiger charge is 2.51. The zero-order chi connectivity index (χ0) is 11.5. The molecule has 2 unspecified atom stereocenters. The van der Waals surface area contributed by atoms with E-state index in [1.54, 1.807) is 0 Å². The fourth-order valence-corrected chi connectivity index (χ4v) is 6.64. The van der Waals surface area contributed by atoms with E-state index >= 15 is 0 Å². The van der Waals surface area contributed by atoms with Gasteiger partial charge in [0.05, 0.1) is 5.29 Å². The lowest BCUT2D eigenvalue weighted by atomic mass is 10.1. The Labute approximate surface area is 94.9 Å².